The Morgan fingerprint density at radius 1 is 1.37 bits per heavy atom. The van der Waals surface area contributed by atoms with Crippen LogP contribution >= 0.6 is 0 Å². The molecule has 5 heteroatoms. The molecule has 0 unspecified atom stereocenters. The van der Waals surface area contributed by atoms with Gasteiger partial charge in [-0.15, -0.1) is 0 Å². The van der Waals surface area contributed by atoms with Crippen molar-refractivity contribution in [3.63, 3.8) is 0 Å². The Morgan fingerprint density at radius 3 is 2.89 bits per heavy atom. The molecule has 2 aromatic heterocycles. The van der Waals surface area contributed by atoms with Gasteiger partial charge in [0, 0.05) is 25.5 Å². The third-order valence-corrected chi connectivity index (χ3v) is 3.56. The summed E-state index contributed by atoms with van der Waals surface area (Å²) in [6, 6.07) is 5.79. The predicted molar refractivity (Wildman–Crippen MR) is 70.7 cm³/mol. The lowest BCUT2D eigenvalue weighted by Gasteiger charge is -2.29. The van der Waals surface area contributed by atoms with E-state index in [1.165, 1.54) is 0 Å². The number of aromatic nitrogens is 2. The monoisotopic (exact) mass is 259 g/mol. The summed E-state index contributed by atoms with van der Waals surface area (Å²) in [5.41, 5.74) is 1.65. The van der Waals surface area contributed by atoms with Crippen LogP contribution in [-0.4, -0.2) is 44.5 Å². The van der Waals surface area contributed by atoms with Crippen molar-refractivity contribution in [2.24, 2.45) is 0 Å². The van der Waals surface area contributed by atoms with Gasteiger partial charge >= 0.3 is 0 Å². The van der Waals surface area contributed by atoms with Crippen molar-refractivity contribution in [2.45, 2.75) is 25.4 Å². The molecule has 100 valence electrons. The zero-order chi connectivity index (χ0) is 13.2. The van der Waals surface area contributed by atoms with Gasteiger partial charge in [0.2, 0.25) is 5.91 Å². The number of hydrogen-bond donors (Lipinski definition) is 1. The van der Waals surface area contributed by atoms with Crippen LogP contribution in [0.15, 0.2) is 30.6 Å². The molecular formula is C14H17N3O2. The van der Waals surface area contributed by atoms with Crippen molar-refractivity contribution in [1.82, 2.24) is 14.3 Å². The molecule has 0 aromatic carbocycles. The second-order valence-electron chi connectivity index (χ2n) is 4.99. The number of imidazole rings is 1. The van der Waals surface area contributed by atoms with E-state index in [9.17, 15) is 9.90 Å². The molecule has 1 aliphatic rings. The maximum Gasteiger partial charge on any atom is 0.228 e. The van der Waals surface area contributed by atoms with Crippen molar-refractivity contribution < 1.29 is 9.90 Å². The van der Waals surface area contributed by atoms with Crippen LogP contribution < -0.4 is 0 Å². The van der Waals surface area contributed by atoms with Gasteiger partial charge in [-0.2, -0.15) is 0 Å². The number of rotatable bonds is 2. The first-order valence-electron chi connectivity index (χ1n) is 6.61. The maximum absolute atomic E-state index is 12.1. The maximum atomic E-state index is 12.1. The van der Waals surface area contributed by atoms with Crippen LogP contribution in [0.1, 0.15) is 18.5 Å². The Kier molecular flexibility index (Phi) is 3.21. The van der Waals surface area contributed by atoms with E-state index < -0.39 is 0 Å². The number of pyridine rings is 1. The van der Waals surface area contributed by atoms with E-state index in [-0.39, 0.29) is 12.0 Å². The minimum atomic E-state index is -0.251. The Balaban J connectivity index is 1.68. The highest BCUT2D eigenvalue weighted by Crippen LogP contribution is 2.12. The summed E-state index contributed by atoms with van der Waals surface area (Å²) in [5.74, 6) is 0.0929. The second kappa shape index (κ2) is 5.01. The minimum Gasteiger partial charge on any atom is -0.393 e. The average Bonchev–Trinajstić information content (AvgIpc) is 2.81. The first-order chi connectivity index (χ1) is 9.22. The molecule has 0 saturated carbocycles. The Bertz CT molecular complexity index is 552. The fourth-order valence-corrected chi connectivity index (χ4v) is 2.45. The summed E-state index contributed by atoms with van der Waals surface area (Å²) < 4.78 is 1.92. The summed E-state index contributed by atoms with van der Waals surface area (Å²) in [6.45, 7) is 1.29. The van der Waals surface area contributed by atoms with Crippen LogP contribution in [0.3, 0.4) is 0 Å². The average molecular weight is 259 g/mol. The van der Waals surface area contributed by atoms with Crippen molar-refractivity contribution in [3.05, 3.63) is 36.3 Å². The third kappa shape index (κ3) is 2.61. The highest BCUT2D eigenvalue weighted by Gasteiger charge is 2.21. The van der Waals surface area contributed by atoms with Gasteiger partial charge in [0.1, 0.15) is 5.65 Å². The van der Waals surface area contributed by atoms with Crippen molar-refractivity contribution in [3.8, 4) is 0 Å². The molecule has 0 radical (unpaired) electrons. The lowest BCUT2D eigenvalue weighted by molar-refractivity contribution is -0.132. The number of nitrogens with zero attached hydrogens (tertiary/aromatic N) is 3. The largest absolute Gasteiger partial charge is 0.393 e. The summed E-state index contributed by atoms with van der Waals surface area (Å²) in [7, 11) is 0. The van der Waals surface area contributed by atoms with Crippen molar-refractivity contribution in [1.29, 1.82) is 0 Å². The quantitative estimate of drug-likeness (QED) is 0.870. The molecule has 0 bridgehead atoms. The Hall–Kier alpha value is -1.88. The number of likely N-dealkylation sites (tertiary alicyclic amines) is 1. The second-order valence-corrected chi connectivity index (χ2v) is 4.99. The number of fused-ring (bicyclic) bond motifs is 1. The Morgan fingerprint density at radius 2 is 2.16 bits per heavy atom. The first kappa shape index (κ1) is 12.2. The molecule has 1 fully saturated rings. The van der Waals surface area contributed by atoms with Crippen molar-refractivity contribution >= 4 is 11.6 Å². The normalized spacial score (nSPS) is 17.0. The highest BCUT2D eigenvalue weighted by atomic mass is 16.3. The molecule has 0 spiro atoms. The Labute approximate surface area is 111 Å². The summed E-state index contributed by atoms with van der Waals surface area (Å²) in [6.07, 6.45) is 5.25. The smallest absolute Gasteiger partial charge is 0.228 e. The molecule has 1 amide bonds. The molecule has 3 heterocycles. The number of aliphatic hydroxyl groups is 1. The molecule has 1 aliphatic heterocycles. The van der Waals surface area contributed by atoms with Gasteiger partial charge in [-0.05, 0) is 25.0 Å². The van der Waals surface area contributed by atoms with E-state index in [4.69, 9.17) is 0 Å². The molecule has 1 saturated heterocycles. The number of carbonyl (C=O) groups is 1. The SMILES string of the molecule is O=C(Cc1cn2ccccc2n1)N1CCC(O)CC1. The van der Waals surface area contributed by atoms with Gasteiger partial charge < -0.3 is 14.4 Å². The highest BCUT2D eigenvalue weighted by molar-refractivity contribution is 5.78. The van der Waals surface area contributed by atoms with Crippen LogP contribution in [-0.2, 0) is 11.2 Å². The number of aliphatic hydroxyl groups excluding tert-OH is 1. The lowest BCUT2D eigenvalue weighted by Crippen LogP contribution is -2.40. The van der Waals surface area contributed by atoms with Gasteiger partial charge in [0.05, 0.1) is 18.2 Å². The molecule has 2 aromatic rings. The van der Waals surface area contributed by atoms with E-state index in [0.29, 0.717) is 32.4 Å². The molecule has 0 atom stereocenters. The zero-order valence-corrected chi connectivity index (χ0v) is 10.7. The molecule has 3 rings (SSSR count). The van der Waals surface area contributed by atoms with E-state index in [1.54, 1.807) is 0 Å². The van der Waals surface area contributed by atoms with Crippen LogP contribution in [0.25, 0.3) is 5.65 Å². The molecular weight excluding hydrogens is 242 g/mol. The number of piperidine rings is 1. The van der Waals surface area contributed by atoms with Crippen molar-refractivity contribution in [2.75, 3.05) is 13.1 Å². The van der Waals surface area contributed by atoms with E-state index >= 15 is 0 Å². The standard InChI is InChI=1S/C14H17N3O2/c18-12-4-7-16(8-5-12)14(19)9-11-10-17-6-2-1-3-13(17)15-11/h1-3,6,10,12,18H,4-5,7-9H2. The molecule has 5 nitrogen and oxygen atoms in total. The number of carbonyl (C=O) groups excluding carboxylic acids is 1. The van der Waals surface area contributed by atoms with Crippen LogP contribution in [0, 0.1) is 0 Å². The first-order valence-corrected chi connectivity index (χ1v) is 6.61. The number of amides is 1. The third-order valence-electron chi connectivity index (χ3n) is 3.56. The minimum absolute atomic E-state index is 0.0929. The lowest BCUT2D eigenvalue weighted by atomic mass is 10.1. The summed E-state index contributed by atoms with van der Waals surface area (Å²) in [5, 5.41) is 9.44. The molecule has 19 heavy (non-hydrogen) atoms. The zero-order valence-electron chi connectivity index (χ0n) is 10.7. The van der Waals surface area contributed by atoms with Gasteiger partial charge in [-0.25, -0.2) is 4.98 Å². The topological polar surface area (TPSA) is 57.8 Å². The van der Waals surface area contributed by atoms with E-state index in [2.05, 4.69) is 4.98 Å². The predicted octanol–water partition coefficient (Wildman–Crippen LogP) is 0.860. The van der Waals surface area contributed by atoms with Gasteiger partial charge in [-0.1, -0.05) is 6.07 Å². The fraction of sp³-hybridized carbons (Fsp3) is 0.429. The van der Waals surface area contributed by atoms with Crippen LogP contribution in [0.4, 0.5) is 0 Å². The fourth-order valence-electron chi connectivity index (χ4n) is 2.45. The number of hydrogen-bond acceptors (Lipinski definition) is 3. The van der Waals surface area contributed by atoms with E-state index in [0.717, 1.165) is 11.3 Å². The molecule has 0 aliphatic carbocycles. The van der Waals surface area contributed by atoms with Gasteiger partial charge in [0.15, 0.2) is 0 Å². The summed E-state index contributed by atoms with van der Waals surface area (Å²) >= 11 is 0. The van der Waals surface area contributed by atoms with Crippen LogP contribution in [0.2, 0.25) is 0 Å². The van der Waals surface area contributed by atoms with Crippen LogP contribution in [0.5, 0.6) is 0 Å². The molecule has 1 N–H and O–H groups in total. The van der Waals surface area contributed by atoms with Gasteiger partial charge in [0.25, 0.3) is 0 Å². The van der Waals surface area contributed by atoms with Gasteiger partial charge in [-0.3, -0.25) is 4.79 Å². The van der Waals surface area contributed by atoms with E-state index in [1.807, 2.05) is 39.9 Å². The summed E-state index contributed by atoms with van der Waals surface area (Å²) in [4.78, 5) is 18.4.